The van der Waals surface area contributed by atoms with Crippen LogP contribution in [0.15, 0.2) is 12.0 Å². The fourth-order valence-corrected chi connectivity index (χ4v) is 2.10. The van der Waals surface area contributed by atoms with Gasteiger partial charge >= 0.3 is 6.09 Å². The van der Waals surface area contributed by atoms with Crippen LogP contribution in [0, 0.1) is 0 Å². The molecule has 6 nitrogen and oxygen atoms in total. The highest BCUT2D eigenvalue weighted by molar-refractivity contribution is 5.68. The highest BCUT2D eigenvalue weighted by Crippen LogP contribution is 2.13. The Morgan fingerprint density at radius 1 is 1.18 bits per heavy atom. The van der Waals surface area contributed by atoms with E-state index in [9.17, 15) is 4.79 Å². The van der Waals surface area contributed by atoms with Crippen molar-refractivity contribution in [1.82, 2.24) is 20.0 Å². The summed E-state index contributed by atoms with van der Waals surface area (Å²) in [6.07, 6.45) is 1.90. The molecule has 1 N–H and O–H groups in total. The Bertz CT molecular complexity index is 393. The normalized spacial score (nSPS) is 16.8. The van der Waals surface area contributed by atoms with Crippen molar-refractivity contribution in [2.75, 3.05) is 40.3 Å². The molecule has 1 aliphatic rings. The predicted molar refractivity (Wildman–Crippen MR) is 89.4 cm³/mol. The molecule has 1 heterocycles. The summed E-state index contributed by atoms with van der Waals surface area (Å²) in [5.74, 6) is 1.08. The molecule has 1 rings (SSSR count). The molecule has 1 aliphatic heterocycles. The van der Waals surface area contributed by atoms with Gasteiger partial charge in [-0.3, -0.25) is 0 Å². The van der Waals surface area contributed by atoms with Crippen molar-refractivity contribution in [3.63, 3.8) is 0 Å². The van der Waals surface area contributed by atoms with E-state index in [0.717, 1.165) is 18.9 Å². The van der Waals surface area contributed by atoms with Crippen LogP contribution in [0.4, 0.5) is 4.79 Å². The quantitative estimate of drug-likeness (QED) is 0.859. The Labute approximate surface area is 135 Å². The summed E-state index contributed by atoms with van der Waals surface area (Å²) in [5.41, 5.74) is -0.440. The third-order valence-electron chi connectivity index (χ3n) is 3.67. The first-order valence-corrected chi connectivity index (χ1v) is 7.98. The van der Waals surface area contributed by atoms with Crippen LogP contribution in [0.5, 0.6) is 0 Å². The highest BCUT2D eigenvalue weighted by Gasteiger charge is 2.26. The van der Waals surface area contributed by atoms with Gasteiger partial charge in [0.15, 0.2) is 0 Å². The van der Waals surface area contributed by atoms with Gasteiger partial charge in [-0.2, -0.15) is 0 Å². The lowest BCUT2D eigenvalue weighted by Gasteiger charge is -2.38. The molecule has 128 valence electrons. The largest absolute Gasteiger partial charge is 0.444 e. The molecule has 1 fully saturated rings. The lowest BCUT2D eigenvalue weighted by Crippen LogP contribution is -2.51. The zero-order chi connectivity index (χ0) is 16.9. The predicted octanol–water partition coefficient (Wildman–Crippen LogP) is 1.90. The number of amides is 1. The Kier molecular flexibility index (Phi) is 6.38. The maximum absolute atomic E-state index is 12.1. The van der Waals surface area contributed by atoms with Gasteiger partial charge in [0, 0.05) is 52.5 Å². The van der Waals surface area contributed by atoms with Crippen LogP contribution in [0.25, 0.3) is 0 Å². The van der Waals surface area contributed by atoms with Crippen molar-refractivity contribution >= 4 is 6.09 Å². The van der Waals surface area contributed by atoms with Gasteiger partial charge in [0.25, 0.3) is 0 Å². The Balaban J connectivity index is 2.58. The molecule has 0 bridgehead atoms. The maximum Gasteiger partial charge on any atom is 0.410 e. The minimum Gasteiger partial charge on any atom is -0.444 e. The summed E-state index contributed by atoms with van der Waals surface area (Å²) in [6.45, 7) is 13.0. The van der Waals surface area contributed by atoms with Gasteiger partial charge in [-0.25, -0.2) is 4.79 Å². The second kappa shape index (κ2) is 7.61. The van der Waals surface area contributed by atoms with Crippen LogP contribution in [0.2, 0.25) is 0 Å². The van der Waals surface area contributed by atoms with Crippen LogP contribution in [0.3, 0.4) is 0 Å². The summed E-state index contributed by atoms with van der Waals surface area (Å²) in [6, 6.07) is 0.450. The summed E-state index contributed by atoms with van der Waals surface area (Å²) < 4.78 is 5.43. The molecule has 0 aromatic heterocycles. The Hall–Kier alpha value is -1.59. The standard InChI is InChI=1S/C16H32N4O2/c1-13(2)18(7)12-14(17-6)19-8-10-20(11-9-19)15(21)22-16(3,4)5/h12-13,17H,8-11H2,1-7H3/b14-12+. The van der Waals surface area contributed by atoms with E-state index in [-0.39, 0.29) is 6.09 Å². The lowest BCUT2D eigenvalue weighted by atomic mass is 10.2. The topological polar surface area (TPSA) is 48.0 Å². The molecule has 1 amide bonds. The maximum atomic E-state index is 12.1. The van der Waals surface area contributed by atoms with Crippen molar-refractivity contribution in [1.29, 1.82) is 0 Å². The van der Waals surface area contributed by atoms with Gasteiger partial charge in [-0.1, -0.05) is 0 Å². The molecule has 0 aromatic carbocycles. The van der Waals surface area contributed by atoms with Crippen LogP contribution in [0.1, 0.15) is 34.6 Å². The number of nitrogens with one attached hydrogen (secondary N) is 1. The van der Waals surface area contributed by atoms with E-state index in [0.29, 0.717) is 19.1 Å². The van der Waals surface area contributed by atoms with Gasteiger partial charge in [-0.15, -0.1) is 0 Å². The molecular formula is C16H32N4O2. The van der Waals surface area contributed by atoms with Crippen LogP contribution in [-0.4, -0.2) is 72.7 Å². The number of rotatable bonds is 4. The zero-order valence-corrected chi connectivity index (χ0v) is 15.1. The number of hydrogen-bond donors (Lipinski definition) is 1. The zero-order valence-electron chi connectivity index (χ0n) is 15.1. The van der Waals surface area contributed by atoms with Gasteiger partial charge in [0.2, 0.25) is 0 Å². The summed E-state index contributed by atoms with van der Waals surface area (Å²) in [7, 11) is 4.00. The monoisotopic (exact) mass is 312 g/mol. The van der Waals surface area contributed by atoms with E-state index in [1.165, 1.54) is 0 Å². The average Bonchev–Trinajstić information content (AvgIpc) is 2.42. The molecule has 0 aliphatic carbocycles. The summed E-state index contributed by atoms with van der Waals surface area (Å²) >= 11 is 0. The molecule has 0 spiro atoms. The number of nitrogens with zero attached hydrogens (tertiary/aromatic N) is 3. The minimum atomic E-state index is -0.440. The van der Waals surface area contributed by atoms with E-state index in [1.807, 2.05) is 27.8 Å². The molecule has 6 heteroatoms. The SMILES string of the molecule is CN/C(=C\N(C)C(C)C)N1CCN(C(=O)OC(C)(C)C)CC1. The molecule has 0 atom stereocenters. The number of ether oxygens (including phenoxy) is 1. The Morgan fingerprint density at radius 3 is 2.09 bits per heavy atom. The Morgan fingerprint density at radius 2 is 1.68 bits per heavy atom. The summed E-state index contributed by atoms with van der Waals surface area (Å²) in [5, 5.41) is 3.25. The number of carbonyl (C=O) groups excluding carboxylic acids is 1. The molecule has 0 saturated carbocycles. The van der Waals surface area contributed by atoms with E-state index in [2.05, 4.69) is 42.2 Å². The second-order valence-electron chi connectivity index (χ2n) is 6.98. The average molecular weight is 312 g/mol. The first kappa shape index (κ1) is 18.5. The lowest BCUT2D eigenvalue weighted by molar-refractivity contribution is 0.0164. The molecule has 1 saturated heterocycles. The minimum absolute atomic E-state index is 0.221. The second-order valence-corrected chi connectivity index (χ2v) is 6.98. The first-order chi connectivity index (χ1) is 10.1. The van der Waals surface area contributed by atoms with E-state index >= 15 is 0 Å². The molecule has 0 radical (unpaired) electrons. The molecule has 0 unspecified atom stereocenters. The third-order valence-corrected chi connectivity index (χ3v) is 3.67. The van der Waals surface area contributed by atoms with Crippen LogP contribution in [-0.2, 0) is 4.74 Å². The third kappa shape index (κ3) is 5.66. The van der Waals surface area contributed by atoms with E-state index in [4.69, 9.17) is 4.74 Å². The van der Waals surface area contributed by atoms with E-state index in [1.54, 1.807) is 4.90 Å². The number of hydrogen-bond acceptors (Lipinski definition) is 5. The molecular weight excluding hydrogens is 280 g/mol. The highest BCUT2D eigenvalue weighted by atomic mass is 16.6. The van der Waals surface area contributed by atoms with Gasteiger partial charge in [0.05, 0.1) is 0 Å². The van der Waals surface area contributed by atoms with Crippen molar-refractivity contribution in [2.45, 2.75) is 46.3 Å². The smallest absolute Gasteiger partial charge is 0.410 e. The first-order valence-electron chi connectivity index (χ1n) is 7.98. The van der Waals surface area contributed by atoms with Crippen molar-refractivity contribution in [3.8, 4) is 0 Å². The van der Waals surface area contributed by atoms with Crippen LogP contribution < -0.4 is 5.32 Å². The molecule has 0 aromatic rings. The van der Waals surface area contributed by atoms with Gasteiger partial charge in [-0.05, 0) is 34.6 Å². The van der Waals surface area contributed by atoms with Gasteiger partial charge in [0.1, 0.15) is 11.4 Å². The fraction of sp³-hybridized carbons (Fsp3) is 0.812. The fourth-order valence-electron chi connectivity index (χ4n) is 2.10. The number of piperazine rings is 1. The van der Waals surface area contributed by atoms with Gasteiger partial charge < -0.3 is 24.8 Å². The van der Waals surface area contributed by atoms with Crippen molar-refractivity contribution in [3.05, 3.63) is 12.0 Å². The molecule has 22 heavy (non-hydrogen) atoms. The van der Waals surface area contributed by atoms with Crippen molar-refractivity contribution < 1.29 is 9.53 Å². The van der Waals surface area contributed by atoms with E-state index < -0.39 is 5.60 Å². The number of carbonyl (C=O) groups is 1. The van der Waals surface area contributed by atoms with Crippen LogP contribution >= 0.6 is 0 Å². The summed E-state index contributed by atoms with van der Waals surface area (Å²) in [4.78, 5) is 18.3. The van der Waals surface area contributed by atoms with Crippen molar-refractivity contribution in [2.24, 2.45) is 0 Å².